The predicted octanol–water partition coefficient (Wildman–Crippen LogP) is 0.300. The van der Waals surface area contributed by atoms with E-state index in [1.807, 2.05) is 0 Å². The number of fused-ring (bicyclic) bond motifs is 1. The maximum Gasteiger partial charge on any atom is 0.326 e. The number of carbonyl (C=O) groups excluding carboxylic acids is 2. The third kappa shape index (κ3) is 3.52. The minimum Gasteiger partial charge on any atom is -0.482 e. The Morgan fingerprint density at radius 1 is 1.44 bits per heavy atom. The number of nitro benzene ring substituents is 1. The summed E-state index contributed by atoms with van der Waals surface area (Å²) in [7, 11) is 0. The molecule has 0 aromatic heterocycles. The van der Waals surface area contributed by atoms with Gasteiger partial charge in [-0.25, -0.2) is 4.79 Å². The second kappa shape index (κ2) is 6.38. The summed E-state index contributed by atoms with van der Waals surface area (Å²) in [6.07, 6.45) is 1.45. The first-order valence-corrected chi connectivity index (χ1v) is 7.60. The highest BCUT2D eigenvalue weighted by Crippen LogP contribution is 2.35. The van der Waals surface area contributed by atoms with Gasteiger partial charge in [0.25, 0.3) is 11.6 Å². The van der Waals surface area contributed by atoms with Crippen LogP contribution >= 0.6 is 0 Å². The Bertz CT molecular complexity index is 759. The van der Waals surface area contributed by atoms with Crippen molar-refractivity contribution in [2.45, 2.75) is 18.9 Å². The molecule has 2 N–H and O–H groups in total. The van der Waals surface area contributed by atoms with Crippen molar-refractivity contribution in [1.29, 1.82) is 0 Å². The fourth-order valence-electron chi connectivity index (χ4n) is 2.65. The Labute approximate surface area is 141 Å². The molecule has 1 atom stereocenters. The molecule has 132 valence electrons. The van der Waals surface area contributed by atoms with E-state index >= 15 is 0 Å². The number of hydrogen-bond acceptors (Lipinski definition) is 6. The van der Waals surface area contributed by atoms with E-state index in [0.717, 1.165) is 23.8 Å². The van der Waals surface area contributed by atoms with Crippen LogP contribution in [0.3, 0.4) is 0 Å². The SMILES string of the molecule is O=C(CN1C(=O)COc2ccc([N+](=O)[O-])cc21)NC(C(=O)O)C1CC1. The lowest BCUT2D eigenvalue weighted by atomic mass is 10.2. The molecule has 1 aromatic carbocycles. The van der Waals surface area contributed by atoms with Crippen molar-refractivity contribution in [1.82, 2.24) is 5.32 Å². The van der Waals surface area contributed by atoms with Gasteiger partial charge >= 0.3 is 5.97 Å². The van der Waals surface area contributed by atoms with Gasteiger partial charge in [0.05, 0.1) is 10.6 Å². The molecule has 2 amide bonds. The molecule has 10 nitrogen and oxygen atoms in total. The lowest BCUT2D eigenvalue weighted by Crippen LogP contribution is -2.49. The van der Waals surface area contributed by atoms with Crippen LogP contribution in [0.25, 0.3) is 0 Å². The van der Waals surface area contributed by atoms with Crippen molar-refractivity contribution < 1.29 is 29.2 Å². The molecule has 0 saturated heterocycles. The predicted molar refractivity (Wildman–Crippen MR) is 83.2 cm³/mol. The van der Waals surface area contributed by atoms with E-state index in [1.54, 1.807) is 0 Å². The van der Waals surface area contributed by atoms with Gasteiger partial charge < -0.3 is 15.2 Å². The number of anilines is 1. The van der Waals surface area contributed by atoms with Gasteiger partial charge in [-0.05, 0) is 24.8 Å². The van der Waals surface area contributed by atoms with Crippen LogP contribution in [-0.4, -0.2) is 47.0 Å². The Balaban J connectivity index is 1.78. The Kier molecular flexibility index (Phi) is 4.26. The summed E-state index contributed by atoms with van der Waals surface area (Å²) in [6.45, 7) is -0.740. The van der Waals surface area contributed by atoms with Crippen LogP contribution in [0.4, 0.5) is 11.4 Å². The minimum absolute atomic E-state index is 0.102. The number of hydrogen-bond donors (Lipinski definition) is 2. The van der Waals surface area contributed by atoms with Crippen LogP contribution in [0.15, 0.2) is 18.2 Å². The molecule has 10 heteroatoms. The Hall–Kier alpha value is -3.17. The number of benzene rings is 1. The van der Waals surface area contributed by atoms with Gasteiger partial charge in [-0.1, -0.05) is 0 Å². The number of carboxylic acids is 1. The number of carboxylic acid groups (broad SMARTS) is 1. The van der Waals surface area contributed by atoms with Crippen LogP contribution in [0.5, 0.6) is 5.75 Å². The van der Waals surface area contributed by atoms with Crippen LogP contribution in [0, 0.1) is 16.0 Å². The zero-order chi connectivity index (χ0) is 18.1. The Morgan fingerprint density at radius 2 is 2.16 bits per heavy atom. The van der Waals surface area contributed by atoms with E-state index < -0.39 is 35.3 Å². The van der Waals surface area contributed by atoms with Crippen molar-refractivity contribution in [2.24, 2.45) is 5.92 Å². The first-order valence-electron chi connectivity index (χ1n) is 7.60. The molecule has 0 bridgehead atoms. The molecule has 1 fully saturated rings. The summed E-state index contributed by atoms with van der Waals surface area (Å²) in [6, 6.07) is 2.75. The zero-order valence-corrected chi connectivity index (χ0v) is 13.0. The number of ether oxygens (including phenoxy) is 1. The van der Waals surface area contributed by atoms with Gasteiger partial charge in [0, 0.05) is 12.1 Å². The lowest BCUT2D eigenvalue weighted by Gasteiger charge is -2.29. The standard InChI is InChI=1S/C15H15N3O7/c19-12(16-14(15(21)22)8-1-2-8)6-17-10-5-9(18(23)24)3-4-11(10)25-7-13(17)20/h3-5,8,14H,1-2,6-7H2,(H,16,19)(H,21,22). The summed E-state index contributed by atoms with van der Waals surface area (Å²) in [5.74, 6) is -2.17. The third-order valence-electron chi connectivity index (χ3n) is 4.07. The molecule has 25 heavy (non-hydrogen) atoms. The van der Waals surface area contributed by atoms with Crippen molar-refractivity contribution in [3.8, 4) is 5.75 Å². The van der Waals surface area contributed by atoms with Crippen molar-refractivity contribution >= 4 is 29.2 Å². The number of nitrogens with one attached hydrogen (secondary N) is 1. The minimum atomic E-state index is -1.12. The molecular weight excluding hydrogens is 334 g/mol. The highest BCUT2D eigenvalue weighted by molar-refractivity contribution is 6.02. The Morgan fingerprint density at radius 3 is 2.76 bits per heavy atom. The third-order valence-corrected chi connectivity index (χ3v) is 4.07. The van der Waals surface area contributed by atoms with Gasteiger partial charge in [0.1, 0.15) is 18.3 Å². The van der Waals surface area contributed by atoms with E-state index in [4.69, 9.17) is 9.84 Å². The van der Waals surface area contributed by atoms with Gasteiger partial charge in [-0.2, -0.15) is 0 Å². The summed E-state index contributed by atoms with van der Waals surface area (Å²) in [4.78, 5) is 46.8. The number of amides is 2. The van der Waals surface area contributed by atoms with E-state index in [9.17, 15) is 24.5 Å². The summed E-state index contributed by atoms with van der Waals surface area (Å²) < 4.78 is 5.21. The molecule has 3 rings (SSSR count). The van der Waals surface area contributed by atoms with E-state index in [1.165, 1.54) is 12.1 Å². The van der Waals surface area contributed by atoms with Crippen LogP contribution < -0.4 is 15.0 Å². The van der Waals surface area contributed by atoms with E-state index in [2.05, 4.69) is 5.32 Å². The van der Waals surface area contributed by atoms with Crippen LogP contribution in [0.1, 0.15) is 12.8 Å². The fourth-order valence-corrected chi connectivity index (χ4v) is 2.65. The number of nitro groups is 1. The molecule has 1 aromatic rings. The summed E-state index contributed by atoms with van der Waals surface area (Å²) in [5, 5.41) is 22.5. The number of non-ortho nitro benzene ring substituents is 1. The largest absolute Gasteiger partial charge is 0.482 e. The van der Waals surface area contributed by atoms with Crippen molar-refractivity contribution in [3.63, 3.8) is 0 Å². The highest BCUT2D eigenvalue weighted by Gasteiger charge is 2.38. The maximum atomic E-state index is 12.2. The second-order valence-corrected chi connectivity index (χ2v) is 5.90. The average molecular weight is 349 g/mol. The highest BCUT2D eigenvalue weighted by atomic mass is 16.6. The molecule has 2 aliphatic rings. The lowest BCUT2D eigenvalue weighted by molar-refractivity contribution is -0.384. The molecular formula is C15H15N3O7. The van der Waals surface area contributed by atoms with Crippen molar-refractivity contribution in [3.05, 3.63) is 28.3 Å². The quantitative estimate of drug-likeness (QED) is 0.556. The fraction of sp³-hybridized carbons (Fsp3) is 0.400. The number of aliphatic carboxylic acids is 1. The van der Waals surface area contributed by atoms with Gasteiger partial charge in [0.2, 0.25) is 5.91 Å². The summed E-state index contributed by atoms with van der Waals surface area (Å²) in [5.41, 5.74) is -0.136. The molecule has 1 aliphatic heterocycles. The normalized spacial score (nSPS) is 17.3. The smallest absolute Gasteiger partial charge is 0.326 e. The van der Waals surface area contributed by atoms with Gasteiger partial charge in [-0.3, -0.25) is 24.6 Å². The first-order chi connectivity index (χ1) is 11.9. The number of rotatable bonds is 6. The van der Waals surface area contributed by atoms with E-state index in [0.29, 0.717) is 0 Å². The van der Waals surface area contributed by atoms with Crippen LogP contribution in [0.2, 0.25) is 0 Å². The topological polar surface area (TPSA) is 139 Å². The molecule has 1 aliphatic carbocycles. The van der Waals surface area contributed by atoms with Crippen LogP contribution in [-0.2, 0) is 14.4 Å². The van der Waals surface area contributed by atoms with E-state index in [-0.39, 0.29) is 29.6 Å². The molecule has 0 radical (unpaired) electrons. The molecule has 1 unspecified atom stereocenters. The molecule has 1 saturated carbocycles. The second-order valence-electron chi connectivity index (χ2n) is 5.90. The average Bonchev–Trinajstić information content (AvgIpc) is 3.39. The van der Waals surface area contributed by atoms with Crippen molar-refractivity contribution in [2.75, 3.05) is 18.1 Å². The number of carbonyl (C=O) groups is 3. The zero-order valence-electron chi connectivity index (χ0n) is 13.0. The maximum absolute atomic E-state index is 12.2. The number of nitrogens with zero attached hydrogens (tertiary/aromatic N) is 2. The van der Waals surface area contributed by atoms with Gasteiger partial charge in [0.15, 0.2) is 6.61 Å². The first kappa shape index (κ1) is 16.7. The monoisotopic (exact) mass is 349 g/mol. The summed E-state index contributed by atoms with van der Waals surface area (Å²) >= 11 is 0. The molecule has 0 spiro atoms. The molecule has 1 heterocycles. The van der Waals surface area contributed by atoms with Gasteiger partial charge in [-0.15, -0.1) is 0 Å².